The fourth-order valence-electron chi connectivity index (χ4n) is 2.33. The molecule has 0 saturated carbocycles. The lowest BCUT2D eigenvalue weighted by Crippen LogP contribution is -2.14. The maximum Gasteiger partial charge on any atom is 0.171 e. The number of rotatable bonds is 4. The van der Waals surface area contributed by atoms with Crippen LogP contribution in [0, 0.1) is 0 Å². The zero-order valence-corrected chi connectivity index (χ0v) is 14.9. The van der Waals surface area contributed by atoms with E-state index in [2.05, 4.69) is 17.0 Å². The number of hydrazone groups is 1. The highest BCUT2D eigenvalue weighted by molar-refractivity contribution is 6.36. The van der Waals surface area contributed by atoms with Crippen LogP contribution in [0.1, 0.15) is 18.2 Å². The predicted octanol–water partition coefficient (Wildman–Crippen LogP) is 4.97. The van der Waals surface area contributed by atoms with Crippen molar-refractivity contribution in [2.24, 2.45) is 5.10 Å². The predicted molar refractivity (Wildman–Crippen MR) is 101 cm³/mol. The summed E-state index contributed by atoms with van der Waals surface area (Å²) in [5.74, 6) is 0.734. The van der Waals surface area contributed by atoms with Crippen molar-refractivity contribution in [2.75, 3.05) is 12.1 Å². The Hall–Kier alpha value is -2.17. The van der Waals surface area contributed by atoms with E-state index in [1.54, 1.807) is 23.4 Å². The van der Waals surface area contributed by atoms with Gasteiger partial charge in [0.2, 0.25) is 0 Å². The number of anilines is 1. The lowest BCUT2D eigenvalue weighted by atomic mass is 10.2. The number of fused-ring (bicyclic) bond motifs is 1. The van der Waals surface area contributed by atoms with Crippen molar-refractivity contribution in [3.8, 4) is 0 Å². The number of hydrogen-bond donors (Lipinski definition) is 0. The lowest BCUT2D eigenvalue weighted by molar-refractivity contribution is 0.929. The molecular weight excluding hydrogens is 343 g/mol. The van der Waals surface area contributed by atoms with Crippen LogP contribution in [0.25, 0.3) is 11.0 Å². The van der Waals surface area contributed by atoms with Crippen molar-refractivity contribution in [3.63, 3.8) is 0 Å². The van der Waals surface area contributed by atoms with Gasteiger partial charge < -0.3 is 0 Å². The number of para-hydroxylation sites is 2. The molecule has 0 radical (unpaired) electrons. The summed E-state index contributed by atoms with van der Waals surface area (Å²) in [6.45, 7) is 2.05. The average Bonchev–Trinajstić information content (AvgIpc) is 2.59. The van der Waals surface area contributed by atoms with Gasteiger partial charge in [-0.05, 0) is 30.7 Å². The lowest BCUT2D eigenvalue weighted by Gasteiger charge is -2.15. The first-order valence-electron chi connectivity index (χ1n) is 7.57. The molecule has 0 N–H and O–H groups in total. The van der Waals surface area contributed by atoms with E-state index in [9.17, 15) is 0 Å². The van der Waals surface area contributed by atoms with Crippen LogP contribution in [0.4, 0.5) is 5.82 Å². The van der Waals surface area contributed by atoms with Gasteiger partial charge >= 0.3 is 0 Å². The van der Waals surface area contributed by atoms with Crippen LogP contribution in [-0.2, 0) is 6.42 Å². The Morgan fingerprint density at radius 3 is 2.46 bits per heavy atom. The monoisotopic (exact) mass is 358 g/mol. The van der Waals surface area contributed by atoms with Crippen LogP contribution in [0.5, 0.6) is 0 Å². The molecule has 6 heteroatoms. The zero-order chi connectivity index (χ0) is 17.1. The molecule has 0 aliphatic heterocycles. The molecule has 24 heavy (non-hydrogen) atoms. The minimum absolute atomic E-state index is 0.556. The van der Waals surface area contributed by atoms with E-state index in [1.165, 1.54) is 0 Å². The quantitative estimate of drug-likeness (QED) is 0.488. The van der Waals surface area contributed by atoms with Gasteiger partial charge in [-0.25, -0.2) is 15.0 Å². The normalized spacial score (nSPS) is 11.3. The molecule has 2 aromatic carbocycles. The Morgan fingerprint density at radius 1 is 1.08 bits per heavy atom. The molecule has 0 bridgehead atoms. The summed E-state index contributed by atoms with van der Waals surface area (Å²) in [5.41, 5.74) is 3.42. The fraction of sp³-hybridized carbons (Fsp3) is 0.167. The number of nitrogens with zero attached hydrogens (tertiary/aromatic N) is 4. The van der Waals surface area contributed by atoms with E-state index in [4.69, 9.17) is 28.2 Å². The van der Waals surface area contributed by atoms with E-state index >= 15 is 0 Å². The summed E-state index contributed by atoms with van der Waals surface area (Å²) in [4.78, 5) is 9.37. The SMILES string of the molecule is CCc1nc2ccccc2nc1N(C)N=Cc1ccc(Cl)cc1Cl. The molecule has 0 saturated heterocycles. The molecule has 0 fully saturated rings. The van der Waals surface area contributed by atoms with Gasteiger partial charge in [-0.15, -0.1) is 0 Å². The minimum Gasteiger partial charge on any atom is -0.249 e. The Kier molecular flexibility index (Phi) is 4.97. The highest BCUT2D eigenvalue weighted by Gasteiger charge is 2.11. The first-order chi connectivity index (χ1) is 11.6. The van der Waals surface area contributed by atoms with Gasteiger partial charge in [0.25, 0.3) is 0 Å². The number of aromatic nitrogens is 2. The van der Waals surface area contributed by atoms with Crippen molar-refractivity contribution < 1.29 is 0 Å². The van der Waals surface area contributed by atoms with Crippen molar-refractivity contribution in [2.45, 2.75) is 13.3 Å². The fourth-order valence-corrected chi connectivity index (χ4v) is 2.79. The van der Waals surface area contributed by atoms with E-state index in [1.807, 2.05) is 37.4 Å². The zero-order valence-electron chi connectivity index (χ0n) is 13.4. The molecule has 1 aromatic heterocycles. The van der Waals surface area contributed by atoms with Gasteiger partial charge in [0, 0.05) is 17.6 Å². The maximum atomic E-state index is 6.17. The van der Waals surface area contributed by atoms with Crippen molar-refractivity contribution in [3.05, 3.63) is 63.8 Å². The summed E-state index contributed by atoms with van der Waals surface area (Å²) in [7, 11) is 1.85. The van der Waals surface area contributed by atoms with Crippen LogP contribution in [0.2, 0.25) is 10.0 Å². The Balaban J connectivity index is 1.95. The van der Waals surface area contributed by atoms with Gasteiger partial charge in [0.1, 0.15) is 0 Å². The third kappa shape index (κ3) is 3.50. The van der Waals surface area contributed by atoms with Crippen LogP contribution in [0.15, 0.2) is 47.6 Å². The first kappa shape index (κ1) is 16.7. The number of aryl methyl sites for hydroxylation is 1. The second-order valence-corrected chi connectivity index (χ2v) is 6.11. The van der Waals surface area contributed by atoms with Crippen molar-refractivity contribution in [1.29, 1.82) is 0 Å². The largest absolute Gasteiger partial charge is 0.249 e. The van der Waals surface area contributed by atoms with Crippen LogP contribution in [0.3, 0.4) is 0 Å². The Morgan fingerprint density at radius 2 is 1.79 bits per heavy atom. The second kappa shape index (κ2) is 7.16. The molecule has 122 valence electrons. The summed E-state index contributed by atoms with van der Waals surface area (Å²) in [5, 5.41) is 7.31. The van der Waals surface area contributed by atoms with E-state index in [0.717, 1.165) is 34.5 Å². The molecule has 0 aliphatic rings. The van der Waals surface area contributed by atoms with Gasteiger partial charge in [0.05, 0.1) is 28.0 Å². The summed E-state index contributed by atoms with van der Waals surface area (Å²) >= 11 is 12.1. The molecule has 0 atom stereocenters. The third-order valence-electron chi connectivity index (χ3n) is 3.60. The highest BCUT2D eigenvalue weighted by Crippen LogP contribution is 2.22. The molecule has 0 spiro atoms. The number of benzene rings is 2. The number of halogens is 2. The van der Waals surface area contributed by atoms with Crippen molar-refractivity contribution in [1.82, 2.24) is 9.97 Å². The standard InChI is InChI=1S/C18H16Cl2N4/c1-3-15-18(23-17-7-5-4-6-16(17)22-15)24(2)21-11-12-8-9-13(19)10-14(12)20/h4-11H,3H2,1-2H3. The summed E-state index contributed by atoms with van der Waals surface area (Å²) < 4.78 is 0. The van der Waals surface area contributed by atoms with E-state index in [0.29, 0.717) is 10.0 Å². The van der Waals surface area contributed by atoms with Crippen LogP contribution >= 0.6 is 23.2 Å². The topological polar surface area (TPSA) is 41.4 Å². The molecule has 4 nitrogen and oxygen atoms in total. The summed E-state index contributed by atoms with van der Waals surface area (Å²) in [6, 6.07) is 13.1. The van der Waals surface area contributed by atoms with Gasteiger partial charge in [-0.3, -0.25) is 0 Å². The molecule has 0 unspecified atom stereocenters. The second-order valence-electron chi connectivity index (χ2n) is 5.27. The molecule has 0 amide bonds. The smallest absolute Gasteiger partial charge is 0.171 e. The Bertz CT molecular complexity index is 909. The van der Waals surface area contributed by atoms with Crippen molar-refractivity contribution >= 4 is 46.3 Å². The van der Waals surface area contributed by atoms with Gasteiger partial charge in [0.15, 0.2) is 5.82 Å². The maximum absolute atomic E-state index is 6.17. The number of hydrogen-bond acceptors (Lipinski definition) is 4. The molecule has 3 aromatic rings. The average molecular weight is 359 g/mol. The molecule has 3 rings (SSSR count). The van der Waals surface area contributed by atoms with Gasteiger partial charge in [-0.2, -0.15) is 5.10 Å². The summed E-state index contributed by atoms with van der Waals surface area (Å²) in [6.07, 6.45) is 2.46. The highest BCUT2D eigenvalue weighted by atomic mass is 35.5. The molecular formula is C18H16Cl2N4. The van der Waals surface area contributed by atoms with E-state index in [-0.39, 0.29) is 0 Å². The minimum atomic E-state index is 0.556. The van der Waals surface area contributed by atoms with Crippen LogP contribution in [-0.4, -0.2) is 23.2 Å². The van der Waals surface area contributed by atoms with E-state index < -0.39 is 0 Å². The first-order valence-corrected chi connectivity index (χ1v) is 8.32. The van der Waals surface area contributed by atoms with Gasteiger partial charge in [-0.1, -0.05) is 48.3 Å². The van der Waals surface area contributed by atoms with Crippen LogP contribution < -0.4 is 5.01 Å². The molecule has 1 heterocycles. The third-order valence-corrected chi connectivity index (χ3v) is 4.16. The Labute approximate surface area is 150 Å². The molecule has 0 aliphatic carbocycles.